The molecule has 7 heteroatoms. The van der Waals surface area contributed by atoms with Crippen molar-refractivity contribution in [1.82, 2.24) is 9.78 Å². The largest absolute Gasteiger partial charge is 0.435 e. The summed E-state index contributed by atoms with van der Waals surface area (Å²) >= 11 is 0. The maximum absolute atomic E-state index is 12.1. The maximum Gasteiger partial charge on any atom is 0.387 e. The molecule has 2 aromatic rings. The van der Waals surface area contributed by atoms with Crippen molar-refractivity contribution in [2.75, 3.05) is 11.1 Å². The van der Waals surface area contributed by atoms with Gasteiger partial charge in [-0.05, 0) is 30.2 Å². The molecule has 0 fully saturated rings. The third-order valence-electron chi connectivity index (χ3n) is 3.00. The van der Waals surface area contributed by atoms with Crippen molar-refractivity contribution < 1.29 is 13.5 Å². The Hall–Kier alpha value is -2.31. The minimum absolute atomic E-state index is 0.108. The molecule has 0 radical (unpaired) electrons. The summed E-state index contributed by atoms with van der Waals surface area (Å²) in [5.74, 6) is 0.992. The van der Waals surface area contributed by atoms with Gasteiger partial charge in [-0.2, -0.15) is 13.9 Å². The van der Waals surface area contributed by atoms with Gasteiger partial charge < -0.3 is 15.8 Å². The molecule has 0 unspecified atom stereocenters. The van der Waals surface area contributed by atoms with E-state index in [2.05, 4.69) is 15.2 Å². The van der Waals surface area contributed by atoms with E-state index in [4.69, 9.17) is 5.73 Å². The number of ether oxygens (including phenoxy) is 1. The van der Waals surface area contributed by atoms with Crippen LogP contribution in [0.3, 0.4) is 0 Å². The molecule has 0 bridgehead atoms. The summed E-state index contributed by atoms with van der Waals surface area (Å²) in [4.78, 5) is 0. The molecule has 0 atom stereocenters. The fourth-order valence-electron chi connectivity index (χ4n) is 1.99. The Kier molecular flexibility index (Phi) is 4.30. The highest BCUT2D eigenvalue weighted by molar-refractivity contribution is 5.71. The van der Waals surface area contributed by atoms with Crippen molar-refractivity contribution in [3.05, 3.63) is 30.0 Å². The molecule has 0 aliphatic rings. The fraction of sp³-hybridized carbons (Fsp3) is 0.357. The smallest absolute Gasteiger partial charge is 0.387 e. The van der Waals surface area contributed by atoms with Crippen LogP contribution in [-0.2, 0) is 7.05 Å². The van der Waals surface area contributed by atoms with Crippen LogP contribution in [0.5, 0.6) is 5.75 Å². The second kappa shape index (κ2) is 5.99. The van der Waals surface area contributed by atoms with Gasteiger partial charge in [0.25, 0.3) is 0 Å². The number of alkyl halides is 2. The SMILES string of the molecule is CC(C)c1nn(C)c(Nc2ccc(OC(F)F)cc2)c1N. The predicted octanol–water partition coefficient (Wildman–Crippen LogP) is 3.47. The van der Waals surface area contributed by atoms with E-state index >= 15 is 0 Å². The summed E-state index contributed by atoms with van der Waals surface area (Å²) in [6.45, 7) is 1.20. The quantitative estimate of drug-likeness (QED) is 0.886. The summed E-state index contributed by atoms with van der Waals surface area (Å²) in [5.41, 5.74) is 8.19. The molecule has 1 aromatic carbocycles. The van der Waals surface area contributed by atoms with Crippen LogP contribution in [0, 0.1) is 0 Å². The number of nitrogens with two attached hydrogens (primary N) is 1. The molecule has 0 aliphatic heterocycles. The highest BCUT2D eigenvalue weighted by Crippen LogP contribution is 2.30. The van der Waals surface area contributed by atoms with E-state index < -0.39 is 6.61 Å². The molecule has 0 saturated heterocycles. The standard InChI is InChI=1S/C14H18F2N4O/c1-8(2)12-11(17)13(20(3)19-12)18-9-4-6-10(7-5-9)21-14(15)16/h4-8,14,18H,17H2,1-3H3. The average Bonchev–Trinajstić information content (AvgIpc) is 2.68. The Morgan fingerprint density at radius 1 is 1.24 bits per heavy atom. The van der Waals surface area contributed by atoms with Crippen LogP contribution in [0.25, 0.3) is 0 Å². The first-order valence-electron chi connectivity index (χ1n) is 6.52. The minimum atomic E-state index is -2.83. The molecular formula is C14H18F2N4O. The molecule has 1 heterocycles. The van der Waals surface area contributed by atoms with E-state index in [-0.39, 0.29) is 11.7 Å². The van der Waals surface area contributed by atoms with Crippen molar-refractivity contribution >= 4 is 17.2 Å². The molecular weight excluding hydrogens is 278 g/mol. The number of nitrogens with one attached hydrogen (secondary N) is 1. The molecule has 0 saturated carbocycles. The Bertz CT molecular complexity index is 608. The fourth-order valence-corrected chi connectivity index (χ4v) is 1.99. The van der Waals surface area contributed by atoms with Crippen molar-refractivity contribution in [2.45, 2.75) is 26.4 Å². The van der Waals surface area contributed by atoms with Crippen molar-refractivity contribution in [3.63, 3.8) is 0 Å². The van der Waals surface area contributed by atoms with Gasteiger partial charge >= 0.3 is 6.61 Å². The molecule has 2 rings (SSSR count). The number of nitrogen functional groups attached to an aromatic ring is 1. The van der Waals surface area contributed by atoms with Gasteiger partial charge in [-0.1, -0.05) is 13.8 Å². The lowest BCUT2D eigenvalue weighted by molar-refractivity contribution is -0.0498. The lowest BCUT2D eigenvalue weighted by atomic mass is 10.1. The maximum atomic E-state index is 12.1. The van der Waals surface area contributed by atoms with Gasteiger partial charge in [-0.15, -0.1) is 0 Å². The zero-order valence-electron chi connectivity index (χ0n) is 12.1. The van der Waals surface area contributed by atoms with Crippen LogP contribution >= 0.6 is 0 Å². The van der Waals surface area contributed by atoms with Crippen LogP contribution in [0.15, 0.2) is 24.3 Å². The predicted molar refractivity (Wildman–Crippen MR) is 78.1 cm³/mol. The van der Waals surface area contributed by atoms with E-state index in [1.807, 2.05) is 13.8 Å². The van der Waals surface area contributed by atoms with E-state index in [0.29, 0.717) is 17.2 Å². The number of hydrogen-bond donors (Lipinski definition) is 2. The molecule has 5 nitrogen and oxygen atoms in total. The Labute approximate surface area is 121 Å². The normalized spacial score (nSPS) is 11.2. The topological polar surface area (TPSA) is 65.1 Å². The zero-order valence-corrected chi connectivity index (χ0v) is 12.1. The summed E-state index contributed by atoms with van der Waals surface area (Å²) in [5, 5.41) is 7.50. The highest BCUT2D eigenvalue weighted by Gasteiger charge is 2.16. The van der Waals surface area contributed by atoms with Gasteiger partial charge in [0.1, 0.15) is 5.75 Å². The summed E-state index contributed by atoms with van der Waals surface area (Å²) in [6, 6.07) is 6.20. The number of halogens is 2. The first-order valence-corrected chi connectivity index (χ1v) is 6.52. The Morgan fingerprint density at radius 3 is 2.33 bits per heavy atom. The second-order valence-electron chi connectivity index (χ2n) is 4.95. The van der Waals surface area contributed by atoms with Gasteiger partial charge in [0.15, 0.2) is 5.82 Å². The summed E-state index contributed by atoms with van der Waals surface area (Å²) in [6.07, 6.45) is 0. The van der Waals surface area contributed by atoms with Gasteiger partial charge in [0, 0.05) is 12.7 Å². The van der Waals surface area contributed by atoms with Crippen LogP contribution in [0.1, 0.15) is 25.5 Å². The van der Waals surface area contributed by atoms with Crippen molar-refractivity contribution in [1.29, 1.82) is 0 Å². The number of nitrogens with zero attached hydrogens (tertiary/aromatic N) is 2. The first kappa shape index (κ1) is 15.1. The molecule has 3 N–H and O–H groups in total. The summed E-state index contributed by atoms with van der Waals surface area (Å²) in [7, 11) is 1.79. The van der Waals surface area contributed by atoms with E-state index in [9.17, 15) is 8.78 Å². The molecule has 21 heavy (non-hydrogen) atoms. The summed E-state index contributed by atoms with van der Waals surface area (Å²) < 4.78 is 30.1. The molecule has 1 aromatic heterocycles. The molecule has 0 spiro atoms. The Balaban J connectivity index is 2.18. The van der Waals surface area contributed by atoms with Gasteiger partial charge in [0.05, 0.1) is 11.4 Å². The first-order chi connectivity index (χ1) is 9.88. The number of aromatic nitrogens is 2. The average molecular weight is 296 g/mol. The third kappa shape index (κ3) is 3.42. The van der Waals surface area contributed by atoms with Crippen LogP contribution < -0.4 is 15.8 Å². The van der Waals surface area contributed by atoms with E-state index in [0.717, 1.165) is 5.69 Å². The van der Waals surface area contributed by atoms with E-state index in [1.165, 1.54) is 12.1 Å². The zero-order chi connectivity index (χ0) is 15.6. The second-order valence-corrected chi connectivity index (χ2v) is 4.95. The molecule has 0 aliphatic carbocycles. The van der Waals surface area contributed by atoms with Gasteiger partial charge in [0.2, 0.25) is 0 Å². The third-order valence-corrected chi connectivity index (χ3v) is 3.00. The van der Waals surface area contributed by atoms with Gasteiger partial charge in [-0.3, -0.25) is 4.68 Å². The lowest BCUT2D eigenvalue weighted by Gasteiger charge is -2.09. The molecule has 0 amide bonds. The van der Waals surface area contributed by atoms with Crippen molar-refractivity contribution in [3.8, 4) is 5.75 Å². The lowest BCUT2D eigenvalue weighted by Crippen LogP contribution is -2.03. The van der Waals surface area contributed by atoms with Crippen molar-refractivity contribution in [2.24, 2.45) is 7.05 Å². The highest BCUT2D eigenvalue weighted by atomic mass is 19.3. The number of hydrogen-bond acceptors (Lipinski definition) is 4. The minimum Gasteiger partial charge on any atom is -0.435 e. The number of benzene rings is 1. The van der Waals surface area contributed by atoms with Crippen LogP contribution in [-0.4, -0.2) is 16.4 Å². The number of anilines is 3. The number of aryl methyl sites for hydroxylation is 1. The van der Waals surface area contributed by atoms with Crippen LogP contribution in [0.2, 0.25) is 0 Å². The van der Waals surface area contributed by atoms with Crippen LogP contribution in [0.4, 0.5) is 26.0 Å². The molecule has 114 valence electrons. The van der Waals surface area contributed by atoms with Gasteiger partial charge in [-0.25, -0.2) is 0 Å². The monoisotopic (exact) mass is 296 g/mol. The Morgan fingerprint density at radius 2 is 1.86 bits per heavy atom. The number of rotatable bonds is 5. The van der Waals surface area contributed by atoms with E-state index in [1.54, 1.807) is 23.9 Å².